The molecule has 0 saturated heterocycles. The summed E-state index contributed by atoms with van der Waals surface area (Å²) in [6.45, 7) is 0. The lowest BCUT2D eigenvalue weighted by atomic mass is 10.0. The van der Waals surface area contributed by atoms with Gasteiger partial charge in [0.2, 0.25) is 0 Å². The summed E-state index contributed by atoms with van der Waals surface area (Å²) in [6, 6.07) is 10.3. The maximum Gasteiger partial charge on any atom is 0.0354 e. The second-order valence-corrected chi connectivity index (χ2v) is 6.33. The lowest BCUT2D eigenvalue weighted by Crippen LogP contribution is -2.13. The molecule has 0 aliphatic carbocycles. The van der Waals surface area contributed by atoms with Gasteiger partial charge in [0.15, 0.2) is 0 Å². The number of halogens is 2. The number of rotatable bonds is 3. The van der Waals surface area contributed by atoms with E-state index >= 15 is 0 Å². The molecule has 2 rings (SSSR count). The minimum atomic E-state index is 0.0427. The highest BCUT2D eigenvalue weighted by Crippen LogP contribution is 2.27. The van der Waals surface area contributed by atoms with Crippen LogP contribution < -0.4 is 5.73 Å². The Morgan fingerprint density at radius 1 is 1.25 bits per heavy atom. The van der Waals surface area contributed by atoms with E-state index in [-0.39, 0.29) is 6.04 Å². The normalized spacial score (nSPS) is 12.7. The fourth-order valence-electron chi connectivity index (χ4n) is 1.56. The van der Waals surface area contributed by atoms with Crippen molar-refractivity contribution >= 4 is 43.2 Å². The Balaban J connectivity index is 2.14. The van der Waals surface area contributed by atoms with Gasteiger partial charge in [-0.25, -0.2) is 0 Å². The van der Waals surface area contributed by atoms with Crippen LogP contribution in [0.4, 0.5) is 0 Å². The minimum absolute atomic E-state index is 0.0427. The van der Waals surface area contributed by atoms with Gasteiger partial charge in [-0.05, 0) is 33.6 Å². The Kier molecular flexibility index (Phi) is 4.19. The van der Waals surface area contributed by atoms with E-state index in [1.807, 2.05) is 18.2 Å². The molecule has 4 heteroatoms. The first-order valence-corrected chi connectivity index (χ1v) is 7.36. The molecular formula is C12H11Br2NS. The Hall–Kier alpha value is -0.160. The lowest BCUT2D eigenvalue weighted by molar-refractivity contribution is 0.726. The van der Waals surface area contributed by atoms with Gasteiger partial charge in [0.05, 0.1) is 0 Å². The molecule has 0 radical (unpaired) electrons. The second kappa shape index (κ2) is 5.45. The maximum absolute atomic E-state index is 6.20. The Labute approximate surface area is 116 Å². The van der Waals surface area contributed by atoms with Gasteiger partial charge in [0.1, 0.15) is 0 Å². The van der Waals surface area contributed by atoms with Crippen molar-refractivity contribution in [1.29, 1.82) is 0 Å². The molecule has 1 unspecified atom stereocenters. The highest BCUT2D eigenvalue weighted by atomic mass is 79.9. The van der Waals surface area contributed by atoms with Gasteiger partial charge in [-0.3, -0.25) is 0 Å². The summed E-state index contributed by atoms with van der Waals surface area (Å²) >= 11 is 8.72. The third kappa shape index (κ3) is 2.94. The van der Waals surface area contributed by atoms with Gasteiger partial charge < -0.3 is 5.73 Å². The summed E-state index contributed by atoms with van der Waals surface area (Å²) in [6.07, 6.45) is 0.874. The van der Waals surface area contributed by atoms with Crippen LogP contribution in [0.1, 0.15) is 16.5 Å². The van der Waals surface area contributed by atoms with Crippen molar-refractivity contribution in [2.24, 2.45) is 5.73 Å². The summed E-state index contributed by atoms with van der Waals surface area (Å²) < 4.78 is 2.21. The molecule has 1 aromatic carbocycles. The van der Waals surface area contributed by atoms with Crippen LogP contribution in [0.25, 0.3) is 0 Å². The van der Waals surface area contributed by atoms with Crippen LogP contribution in [-0.2, 0) is 6.42 Å². The van der Waals surface area contributed by atoms with Crippen LogP contribution in [0.2, 0.25) is 0 Å². The SMILES string of the molecule is NC(Cc1cc(Br)cs1)c1ccccc1Br. The first-order valence-electron chi connectivity index (χ1n) is 4.89. The highest BCUT2D eigenvalue weighted by Gasteiger charge is 2.11. The number of benzene rings is 1. The molecule has 0 amide bonds. The molecule has 2 aromatic rings. The minimum Gasteiger partial charge on any atom is -0.324 e. The van der Waals surface area contributed by atoms with Crippen molar-refractivity contribution in [3.8, 4) is 0 Å². The zero-order valence-electron chi connectivity index (χ0n) is 8.49. The van der Waals surface area contributed by atoms with E-state index in [2.05, 4.69) is 49.4 Å². The van der Waals surface area contributed by atoms with Crippen molar-refractivity contribution in [2.75, 3.05) is 0 Å². The quantitative estimate of drug-likeness (QED) is 0.855. The van der Waals surface area contributed by atoms with Crippen LogP contribution in [0.5, 0.6) is 0 Å². The lowest BCUT2D eigenvalue weighted by Gasteiger charge is -2.12. The maximum atomic E-state index is 6.20. The van der Waals surface area contributed by atoms with Gasteiger partial charge in [-0.2, -0.15) is 0 Å². The molecular weight excluding hydrogens is 350 g/mol. The topological polar surface area (TPSA) is 26.0 Å². The van der Waals surface area contributed by atoms with Gasteiger partial charge in [-0.1, -0.05) is 34.1 Å². The third-order valence-electron chi connectivity index (χ3n) is 2.35. The summed E-state index contributed by atoms with van der Waals surface area (Å²) in [7, 11) is 0. The molecule has 1 atom stereocenters. The first kappa shape index (κ1) is 12.3. The van der Waals surface area contributed by atoms with Crippen molar-refractivity contribution < 1.29 is 0 Å². The van der Waals surface area contributed by atoms with Gasteiger partial charge in [0.25, 0.3) is 0 Å². The summed E-state index contributed by atoms with van der Waals surface area (Å²) in [5, 5.41) is 2.09. The molecule has 1 nitrogen and oxygen atoms in total. The van der Waals surface area contributed by atoms with E-state index in [0.717, 1.165) is 20.9 Å². The fraction of sp³-hybridized carbons (Fsp3) is 0.167. The van der Waals surface area contributed by atoms with Crippen molar-refractivity contribution in [1.82, 2.24) is 0 Å². The summed E-state index contributed by atoms with van der Waals surface area (Å²) in [4.78, 5) is 1.30. The zero-order valence-corrected chi connectivity index (χ0v) is 12.5. The largest absolute Gasteiger partial charge is 0.324 e. The first-order chi connectivity index (χ1) is 7.66. The summed E-state index contributed by atoms with van der Waals surface area (Å²) in [5.74, 6) is 0. The summed E-state index contributed by atoms with van der Waals surface area (Å²) in [5.41, 5.74) is 7.36. The van der Waals surface area contributed by atoms with Gasteiger partial charge >= 0.3 is 0 Å². The molecule has 1 heterocycles. The number of hydrogen-bond donors (Lipinski definition) is 1. The predicted octanol–water partition coefficient (Wildman–Crippen LogP) is 4.52. The highest BCUT2D eigenvalue weighted by molar-refractivity contribution is 9.10. The van der Waals surface area contributed by atoms with Crippen LogP contribution in [0, 0.1) is 0 Å². The molecule has 0 spiro atoms. The molecule has 16 heavy (non-hydrogen) atoms. The van der Waals surface area contributed by atoms with Crippen molar-refractivity contribution in [3.63, 3.8) is 0 Å². The Bertz CT molecular complexity index is 481. The fourth-order valence-corrected chi connectivity index (χ4v) is 3.65. The third-order valence-corrected chi connectivity index (χ3v) is 4.79. The molecule has 0 aliphatic rings. The molecule has 0 bridgehead atoms. The number of thiophene rings is 1. The molecule has 2 N–H and O–H groups in total. The van der Waals surface area contributed by atoms with Crippen LogP contribution in [0.15, 0.2) is 44.7 Å². The zero-order chi connectivity index (χ0) is 11.5. The number of nitrogens with two attached hydrogens (primary N) is 1. The van der Waals surface area contributed by atoms with Gasteiger partial charge in [-0.15, -0.1) is 11.3 Å². The Morgan fingerprint density at radius 3 is 2.62 bits per heavy atom. The van der Waals surface area contributed by atoms with E-state index in [1.165, 1.54) is 4.88 Å². The predicted molar refractivity (Wildman–Crippen MR) is 76.8 cm³/mol. The van der Waals surface area contributed by atoms with E-state index < -0.39 is 0 Å². The molecule has 84 valence electrons. The molecule has 0 saturated carbocycles. The molecule has 1 aromatic heterocycles. The molecule has 0 fully saturated rings. The van der Waals surface area contributed by atoms with Crippen LogP contribution >= 0.6 is 43.2 Å². The second-order valence-electron chi connectivity index (χ2n) is 3.56. The van der Waals surface area contributed by atoms with E-state index in [9.17, 15) is 0 Å². The smallest absolute Gasteiger partial charge is 0.0354 e. The van der Waals surface area contributed by atoms with Crippen LogP contribution in [0.3, 0.4) is 0 Å². The molecule has 0 aliphatic heterocycles. The van der Waals surface area contributed by atoms with E-state index in [0.29, 0.717) is 0 Å². The average Bonchev–Trinajstić information content (AvgIpc) is 2.64. The Morgan fingerprint density at radius 2 is 2.00 bits per heavy atom. The monoisotopic (exact) mass is 359 g/mol. The van der Waals surface area contributed by atoms with Gasteiger partial charge in [0, 0.05) is 31.7 Å². The van der Waals surface area contributed by atoms with E-state index in [4.69, 9.17) is 5.73 Å². The van der Waals surface area contributed by atoms with Crippen LogP contribution in [-0.4, -0.2) is 0 Å². The van der Waals surface area contributed by atoms with Crippen molar-refractivity contribution in [2.45, 2.75) is 12.5 Å². The van der Waals surface area contributed by atoms with Crippen molar-refractivity contribution in [3.05, 3.63) is 55.1 Å². The number of hydrogen-bond acceptors (Lipinski definition) is 2. The average molecular weight is 361 g/mol. The standard InChI is InChI=1S/C12H11Br2NS/c13-8-5-9(16-7-8)6-12(15)10-3-1-2-4-11(10)14/h1-5,7,12H,6,15H2. The van der Waals surface area contributed by atoms with E-state index in [1.54, 1.807) is 11.3 Å².